The van der Waals surface area contributed by atoms with Gasteiger partial charge in [0.1, 0.15) is 0 Å². The van der Waals surface area contributed by atoms with Crippen LogP contribution in [0.15, 0.2) is 4.99 Å². The van der Waals surface area contributed by atoms with E-state index in [1.165, 1.54) is 32.4 Å². The molecular formula is C17H36N4O. The first kappa shape index (κ1) is 19.2. The molecule has 1 aliphatic heterocycles. The van der Waals surface area contributed by atoms with Crippen molar-refractivity contribution in [2.45, 2.75) is 52.5 Å². The molecule has 0 aromatic rings. The maximum absolute atomic E-state index is 5.55. The van der Waals surface area contributed by atoms with Gasteiger partial charge in [0, 0.05) is 39.3 Å². The molecule has 0 aliphatic carbocycles. The minimum absolute atomic E-state index is 0.592. The van der Waals surface area contributed by atoms with Crippen LogP contribution in [0.5, 0.6) is 0 Å². The number of piperidine rings is 1. The van der Waals surface area contributed by atoms with Gasteiger partial charge in [0.15, 0.2) is 5.96 Å². The lowest BCUT2D eigenvalue weighted by Crippen LogP contribution is -2.42. The maximum Gasteiger partial charge on any atom is 0.191 e. The predicted octanol–water partition coefficient (Wildman–Crippen LogP) is 2.09. The van der Waals surface area contributed by atoms with E-state index in [-0.39, 0.29) is 0 Å². The van der Waals surface area contributed by atoms with Gasteiger partial charge in [-0.2, -0.15) is 0 Å². The van der Waals surface area contributed by atoms with Gasteiger partial charge in [-0.05, 0) is 38.6 Å². The van der Waals surface area contributed by atoms with Crippen molar-refractivity contribution in [3.05, 3.63) is 0 Å². The van der Waals surface area contributed by atoms with Crippen LogP contribution in [0.3, 0.4) is 0 Å². The van der Waals surface area contributed by atoms with Crippen LogP contribution < -0.4 is 10.6 Å². The summed E-state index contributed by atoms with van der Waals surface area (Å²) < 4.78 is 5.55. The number of nitrogens with one attached hydrogen (secondary N) is 2. The summed E-state index contributed by atoms with van der Waals surface area (Å²) in [6, 6.07) is 0.754. The molecule has 0 amide bonds. The summed E-state index contributed by atoms with van der Waals surface area (Å²) >= 11 is 0. The summed E-state index contributed by atoms with van der Waals surface area (Å²) in [5, 5.41) is 6.67. The molecule has 2 N–H and O–H groups in total. The molecular weight excluding hydrogens is 276 g/mol. The summed E-state index contributed by atoms with van der Waals surface area (Å²) in [6.07, 6.45) is 5.27. The van der Waals surface area contributed by atoms with Gasteiger partial charge in [0.05, 0.1) is 6.61 Å². The van der Waals surface area contributed by atoms with Crippen molar-refractivity contribution >= 4 is 5.96 Å². The molecule has 1 rings (SSSR count). The normalized spacial score (nSPS) is 20.4. The molecule has 0 aromatic carbocycles. The van der Waals surface area contributed by atoms with Crippen LogP contribution in [-0.2, 0) is 4.74 Å². The Bertz CT molecular complexity index is 307. The first-order valence-corrected chi connectivity index (χ1v) is 8.89. The lowest BCUT2D eigenvalue weighted by molar-refractivity contribution is 0.114. The molecule has 1 atom stereocenters. The van der Waals surface area contributed by atoms with Crippen molar-refractivity contribution in [1.29, 1.82) is 0 Å². The third kappa shape index (κ3) is 8.59. The predicted molar refractivity (Wildman–Crippen MR) is 94.5 cm³/mol. The molecule has 0 radical (unpaired) electrons. The second-order valence-corrected chi connectivity index (χ2v) is 6.63. The number of hydrogen-bond acceptors (Lipinski definition) is 3. The lowest BCUT2D eigenvalue weighted by atomic mass is 10.0. The van der Waals surface area contributed by atoms with E-state index in [1.54, 1.807) is 0 Å². The van der Waals surface area contributed by atoms with Gasteiger partial charge in [0.2, 0.25) is 0 Å². The summed E-state index contributed by atoms with van der Waals surface area (Å²) in [6.45, 7) is 12.4. The van der Waals surface area contributed by atoms with E-state index in [0.717, 1.165) is 44.7 Å². The summed E-state index contributed by atoms with van der Waals surface area (Å²) in [7, 11) is 1.82. The van der Waals surface area contributed by atoms with Crippen molar-refractivity contribution in [2.24, 2.45) is 10.9 Å². The highest BCUT2D eigenvalue weighted by atomic mass is 16.5. The number of aliphatic imine (C=N–C) groups is 1. The number of nitrogens with zero attached hydrogens (tertiary/aromatic N) is 2. The molecule has 1 unspecified atom stereocenters. The molecule has 5 heteroatoms. The van der Waals surface area contributed by atoms with E-state index in [1.807, 2.05) is 7.05 Å². The fraction of sp³-hybridized carbons (Fsp3) is 0.941. The van der Waals surface area contributed by atoms with Crippen molar-refractivity contribution in [1.82, 2.24) is 15.5 Å². The van der Waals surface area contributed by atoms with Gasteiger partial charge in [0.25, 0.3) is 0 Å². The fourth-order valence-corrected chi connectivity index (χ4v) is 2.76. The number of guanidine groups is 1. The van der Waals surface area contributed by atoms with E-state index >= 15 is 0 Å². The Morgan fingerprint density at radius 1 is 1.27 bits per heavy atom. The highest BCUT2D eigenvalue weighted by Crippen LogP contribution is 2.15. The van der Waals surface area contributed by atoms with Gasteiger partial charge in [-0.15, -0.1) is 0 Å². The zero-order valence-corrected chi connectivity index (χ0v) is 15.0. The smallest absolute Gasteiger partial charge is 0.191 e. The molecule has 0 saturated carbocycles. The van der Waals surface area contributed by atoms with E-state index < -0.39 is 0 Å². The summed E-state index contributed by atoms with van der Waals surface area (Å²) in [5.41, 5.74) is 0. The Labute approximate surface area is 136 Å². The van der Waals surface area contributed by atoms with Crippen molar-refractivity contribution < 1.29 is 4.74 Å². The van der Waals surface area contributed by atoms with Crippen LogP contribution >= 0.6 is 0 Å². The molecule has 0 aromatic heterocycles. The lowest BCUT2D eigenvalue weighted by Gasteiger charge is -2.33. The number of hydrogen-bond donors (Lipinski definition) is 2. The number of ether oxygens (including phenoxy) is 1. The van der Waals surface area contributed by atoms with Gasteiger partial charge in [-0.1, -0.05) is 20.3 Å². The van der Waals surface area contributed by atoms with Gasteiger partial charge >= 0.3 is 0 Å². The van der Waals surface area contributed by atoms with Gasteiger partial charge < -0.3 is 20.3 Å². The van der Waals surface area contributed by atoms with Crippen LogP contribution in [0.2, 0.25) is 0 Å². The SMILES string of the molecule is CN=C(NCCCN1CCCCC1C)NCCOCC(C)C. The Hall–Kier alpha value is -0.810. The fourth-order valence-electron chi connectivity index (χ4n) is 2.76. The van der Waals surface area contributed by atoms with E-state index in [4.69, 9.17) is 4.74 Å². The Balaban J connectivity index is 2.03. The average Bonchev–Trinajstić information content (AvgIpc) is 2.50. The average molecular weight is 313 g/mol. The van der Waals surface area contributed by atoms with Crippen molar-refractivity contribution in [2.75, 3.05) is 46.4 Å². The molecule has 1 aliphatic rings. The Morgan fingerprint density at radius 3 is 2.73 bits per heavy atom. The monoisotopic (exact) mass is 312 g/mol. The highest BCUT2D eigenvalue weighted by molar-refractivity contribution is 5.79. The number of rotatable bonds is 9. The summed E-state index contributed by atoms with van der Waals surface area (Å²) in [5.74, 6) is 1.47. The second kappa shape index (κ2) is 11.7. The molecule has 0 spiro atoms. The van der Waals surface area contributed by atoms with Crippen LogP contribution in [0.25, 0.3) is 0 Å². The molecule has 1 fully saturated rings. The van der Waals surface area contributed by atoms with Crippen LogP contribution in [-0.4, -0.2) is 63.3 Å². The highest BCUT2D eigenvalue weighted by Gasteiger charge is 2.16. The first-order chi connectivity index (χ1) is 10.6. The third-order valence-electron chi connectivity index (χ3n) is 4.07. The maximum atomic E-state index is 5.55. The van der Waals surface area contributed by atoms with Crippen molar-refractivity contribution in [3.8, 4) is 0 Å². The molecule has 1 saturated heterocycles. The molecule has 22 heavy (non-hydrogen) atoms. The molecule has 1 heterocycles. The van der Waals surface area contributed by atoms with Crippen LogP contribution in [0, 0.1) is 5.92 Å². The Morgan fingerprint density at radius 2 is 2.05 bits per heavy atom. The largest absolute Gasteiger partial charge is 0.379 e. The minimum Gasteiger partial charge on any atom is -0.379 e. The standard InChI is InChI=1S/C17H36N4O/c1-15(2)14-22-13-10-20-17(18-4)19-9-7-12-21-11-6-5-8-16(21)3/h15-16H,5-14H2,1-4H3,(H2,18,19,20). The second-order valence-electron chi connectivity index (χ2n) is 6.63. The summed E-state index contributed by atoms with van der Waals surface area (Å²) in [4.78, 5) is 6.86. The quantitative estimate of drug-likeness (QED) is 0.389. The minimum atomic E-state index is 0.592. The number of likely N-dealkylation sites (tertiary alicyclic amines) is 1. The van der Waals surface area contributed by atoms with Gasteiger partial charge in [-0.25, -0.2) is 0 Å². The first-order valence-electron chi connectivity index (χ1n) is 8.89. The third-order valence-corrected chi connectivity index (χ3v) is 4.07. The van der Waals surface area contributed by atoms with Crippen LogP contribution in [0.4, 0.5) is 0 Å². The topological polar surface area (TPSA) is 48.9 Å². The Kier molecular flexibility index (Phi) is 10.2. The van der Waals surface area contributed by atoms with Crippen molar-refractivity contribution in [3.63, 3.8) is 0 Å². The zero-order valence-electron chi connectivity index (χ0n) is 15.0. The van der Waals surface area contributed by atoms with E-state index in [0.29, 0.717) is 5.92 Å². The zero-order chi connectivity index (χ0) is 16.2. The van der Waals surface area contributed by atoms with E-state index in [2.05, 4.69) is 41.3 Å². The van der Waals surface area contributed by atoms with E-state index in [9.17, 15) is 0 Å². The molecule has 0 bridgehead atoms. The molecule has 130 valence electrons. The molecule has 5 nitrogen and oxygen atoms in total. The van der Waals surface area contributed by atoms with Crippen LogP contribution in [0.1, 0.15) is 46.5 Å². The van der Waals surface area contributed by atoms with Gasteiger partial charge in [-0.3, -0.25) is 4.99 Å².